The van der Waals surface area contributed by atoms with Crippen molar-refractivity contribution in [3.8, 4) is 0 Å². The molecule has 14 amide bonds. The SMILES string of the molecule is CC(C)C(NC(=O)CCC(=O)CN)C(=O)C[C@@H](CCCNC(N)=O)C(=O)Nc1ccc(COC(=O)NCCCC(=O)CCCCC2SCC3NC(=O)NC32)cc1.CCO.COC(=O)CCC(=O)NC(C(=O)C[C@@H](CCCNC(N)=O)C(=O)Nc1ccc(COC(=O)NCCCC(=O)CCCCC2SCC3NC(=O)NC32)cc1)C(C)C.NN.O. The van der Waals surface area contributed by atoms with Crippen LogP contribution in [0.3, 0.4) is 0 Å². The number of ketones is 5. The largest absolute Gasteiger partial charge is 0.469 e. The first-order chi connectivity index (χ1) is 55.9. The summed E-state index contributed by atoms with van der Waals surface area (Å²) in [6.07, 6.45) is 7.27. The van der Waals surface area contributed by atoms with Gasteiger partial charge in [-0.3, -0.25) is 59.6 Å². The zero-order valence-corrected chi connectivity index (χ0v) is 70.2. The Morgan fingerprint density at radius 3 is 1.22 bits per heavy atom. The van der Waals surface area contributed by atoms with Gasteiger partial charge in [-0.05, 0) is 118 Å². The Hall–Kier alpha value is -9.74. The van der Waals surface area contributed by atoms with Gasteiger partial charge in [-0.1, -0.05) is 64.8 Å². The van der Waals surface area contributed by atoms with E-state index >= 15 is 0 Å². The molecular formula is C78H127N17O21S2. The number of fused-ring (bicyclic) bond motifs is 2. The van der Waals surface area contributed by atoms with Gasteiger partial charge in [0.05, 0.1) is 56.3 Å². The number of amides is 14. The third-order valence-corrected chi connectivity index (χ3v) is 22.3. The van der Waals surface area contributed by atoms with Crippen molar-refractivity contribution in [2.45, 2.75) is 236 Å². The molecule has 4 aliphatic rings. The summed E-state index contributed by atoms with van der Waals surface area (Å²) >= 11 is 3.72. The van der Waals surface area contributed by atoms with Crippen molar-refractivity contribution in [1.29, 1.82) is 0 Å². The van der Waals surface area contributed by atoms with Gasteiger partial charge in [0.15, 0.2) is 11.6 Å². The van der Waals surface area contributed by atoms with Gasteiger partial charge in [-0.15, -0.1) is 0 Å². The van der Waals surface area contributed by atoms with E-state index in [0.717, 1.165) is 50.0 Å². The molecule has 0 spiro atoms. The molecule has 2 aromatic rings. The number of rotatable bonds is 51. The molecule has 25 N–H and O–H groups in total. The number of carbonyl (C=O) groups excluding carboxylic acids is 16. The third-order valence-electron chi connectivity index (χ3n) is 19.2. The predicted molar refractivity (Wildman–Crippen MR) is 446 cm³/mol. The highest BCUT2D eigenvalue weighted by Gasteiger charge is 2.44. The Morgan fingerprint density at radius 2 is 0.864 bits per heavy atom. The lowest BCUT2D eigenvalue weighted by Crippen LogP contribution is -2.45. The lowest BCUT2D eigenvalue weighted by atomic mass is 9.89. The summed E-state index contributed by atoms with van der Waals surface area (Å²) in [6, 6.07) is 10.6. The number of unbranched alkanes of at least 4 members (excludes halogenated alkanes) is 2. The number of alkyl carbamates (subject to hydrolysis) is 2. The van der Waals surface area contributed by atoms with Crippen molar-refractivity contribution in [3.63, 3.8) is 0 Å². The average molecular weight is 1700 g/mol. The van der Waals surface area contributed by atoms with Gasteiger partial charge in [0, 0.05) is 136 Å². The summed E-state index contributed by atoms with van der Waals surface area (Å²) in [5, 5.41) is 41.4. The van der Waals surface area contributed by atoms with Crippen LogP contribution in [0.1, 0.15) is 187 Å². The number of Topliss-reactive ketones (excluding diaryl/α,β-unsaturated/α-hetero) is 5. The normalized spacial score (nSPS) is 17.4. The number of hydrazine groups is 1. The number of nitrogens with two attached hydrogens (primary N) is 5. The monoisotopic (exact) mass is 1700 g/mol. The molecule has 118 heavy (non-hydrogen) atoms. The van der Waals surface area contributed by atoms with E-state index in [1.54, 1.807) is 83.1 Å². The third kappa shape index (κ3) is 42.6. The maximum atomic E-state index is 13.4. The lowest BCUT2D eigenvalue weighted by molar-refractivity contribution is -0.142. The molecule has 40 heteroatoms. The zero-order chi connectivity index (χ0) is 86.8. The van der Waals surface area contributed by atoms with E-state index in [1.165, 1.54) is 7.11 Å². The fourth-order valence-electron chi connectivity index (χ4n) is 13.0. The first-order valence-corrected chi connectivity index (χ1v) is 42.0. The van der Waals surface area contributed by atoms with Crippen LogP contribution < -0.4 is 92.7 Å². The number of hydrogen-bond acceptors (Lipinski definition) is 25. The van der Waals surface area contributed by atoms with Gasteiger partial charge in [0.1, 0.15) is 30.6 Å². The molecule has 0 radical (unpaired) electrons. The van der Waals surface area contributed by atoms with Crippen LogP contribution in [0.15, 0.2) is 48.5 Å². The summed E-state index contributed by atoms with van der Waals surface area (Å²) in [6.45, 7) is 9.78. The van der Waals surface area contributed by atoms with Gasteiger partial charge >= 0.3 is 42.3 Å². The molecule has 4 saturated heterocycles. The number of nitrogens with one attached hydrogen (secondary N) is 12. The Labute approximate surface area is 697 Å². The van der Waals surface area contributed by atoms with Crippen molar-refractivity contribution in [2.75, 3.05) is 68.6 Å². The van der Waals surface area contributed by atoms with Crippen LogP contribution in [-0.4, -0.2) is 210 Å². The smallest absolute Gasteiger partial charge is 0.407 e. The molecule has 0 bridgehead atoms. The Kier molecular flexibility index (Phi) is 52.2. The van der Waals surface area contributed by atoms with Crippen molar-refractivity contribution in [1.82, 2.24) is 53.2 Å². The number of aliphatic hydroxyl groups is 1. The number of urea groups is 4. The molecule has 662 valence electrons. The molecule has 4 fully saturated rings. The minimum atomic E-state index is -0.883. The Bertz CT molecular complexity index is 3310. The van der Waals surface area contributed by atoms with Crippen molar-refractivity contribution in [2.24, 2.45) is 52.6 Å². The highest BCUT2D eigenvalue weighted by Crippen LogP contribution is 2.35. The molecule has 6 rings (SSSR count). The van der Waals surface area contributed by atoms with E-state index < -0.39 is 77.8 Å². The van der Waals surface area contributed by atoms with E-state index in [2.05, 4.69) is 80.2 Å². The average Bonchev–Trinajstić information content (AvgIpc) is 1.67. The number of esters is 1. The molecule has 38 nitrogen and oxygen atoms in total. The molecule has 10 atom stereocenters. The van der Waals surface area contributed by atoms with E-state index in [4.69, 9.17) is 31.8 Å². The van der Waals surface area contributed by atoms with Crippen LogP contribution >= 0.6 is 23.5 Å². The minimum absolute atomic E-state index is 0. The molecule has 2 aromatic carbocycles. The van der Waals surface area contributed by atoms with Crippen LogP contribution in [-0.2, 0) is 75.4 Å². The zero-order valence-electron chi connectivity index (χ0n) is 68.6. The van der Waals surface area contributed by atoms with Gasteiger partial charge < -0.3 is 106 Å². The minimum Gasteiger partial charge on any atom is -0.469 e. The van der Waals surface area contributed by atoms with Crippen molar-refractivity contribution < 1.29 is 102 Å². The highest BCUT2D eigenvalue weighted by molar-refractivity contribution is 8.00. The molecule has 0 aliphatic carbocycles. The van der Waals surface area contributed by atoms with Crippen LogP contribution in [0.4, 0.5) is 40.1 Å². The molecular weight excluding hydrogens is 1580 g/mol. The highest BCUT2D eigenvalue weighted by atomic mass is 32.2. The molecule has 0 saturated carbocycles. The fourth-order valence-corrected chi connectivity index (χ4v) is 16.1. The number of carbonyl (C=O) groups is 16. The van der Waals surface area contributed by atoms with Gasteiger partial charge in [0.2, 0.25) is 23.6 Å². The summed E-state index contributed by atoms with van der Waals surface area (Å²) in [7, 11) is 1.22. The van der Waals surface area contributed by atoms with Crippen molar-refractivity contribution in [3.05, 3.63) is 59.7 Å². The van der Waals surface area contributed by atoms with E-state index in [0.29, 0.717) is 97.5 Å². The number of thioether (sulfide) groups is 2. The molecule has 0 aromatic heterocycles. The topological polar surface area (TPSA) is 627 Å². The number of anilines is 2. The van der Waals surface area contributed by atoms with Gasteiger partial charge in [-0.2, -0.15) is 23.5 Å². The lowest BCUT2D eigenvalue weighted by Gasteiger charge is -2.24. The van der Waals surface area contributed by atoms with Crippen LogP contribution in [0.2, 0.25) is 0 Å². The standard InChI is InChI=1S/C38H58N8O9S.C38H57N7O10S.C2H6O.H4N2.H2O/c1-23(2)33(45-32(50)16-15-28(48)20-39)30(49)19-25(7-5-17-41-36(40)52)35(51)43-26-13-11-24(12-14-26)21-55-38(54)42-18-6-9-27(47)8-3-4-10-31-34-29(22-56-31)44-37(53)46-34;1-23(2)33(44-31(48)16-17-32(49)54-3)29(47)20-25(8-6-18-40-36(39)51)35(50)42-26-14-12-24(13-15-26)21-55-38(53)41-19-7-10-27(46)9-4-5-11-30-34-28(22-56-30)43-37(52)45-34;1-2-3;1-2;/h11-14,23,25,29,31,33-34H,3-10,15-22,39H2,1-2H3,(H,42,54)(H,43,51)(H,45,50)(H3,40,41,52)(H2,44,46,53);12-15,23,25,28,30,33-34H,4-11,16-22H2,1-3H3,(H,41,53)(H,42,50)(H,44,48)(H3,39,40,51)(H2,43,45,52);3H,2H2,1H3;1-2H2;1H2/t25-,29?,31?,33?,34?;25-,28?,30?,33?,34?;;;/m11.../s1. The van der Waals surface area contributed by atoms with E-state index in [9.17, 15) is 76.7 Å². The van der Waals surface area contributed by atoms with Gasteiger partial charge in [0.25, 0.3) is 0 Å². The second kappa shape index (κ2) is 59.0. The van der Waals surface area contributed by atoms with Crippen LogP contribution in [0, 0.1) is 23.7 Å². The van der Waals surface area contributed by atoms with E-state index in [1.807, 2.05) is 23.5 Å². The maximum absolute atomic E-state index is 13.4. The predicted octanol–water partition coefficient (Wildman–Crippen LogP) is 3.44. The molecule has 8 unspecified atom stereocenters. The number of methoxy groups -OCH3 is 1. The second-order valence-corrected chi connectivity index (χ2v) is 31.8. The van der Waals surface area contributed by atoms with Crippen LogP contribution in [0.5, 0.6) is 0 Å². The molecule has 4 heterocycles. The Morgan fingerprint density at radius 1 is 0.500 bits per heavy atom. The van der Waals surface area contributed by atoms with Gasteiger partial charge in [-0.25, -0.2) is 28.8 Å². The molecule has 4 aliphatic heterocycles. The number of ether oxygens (including phenoxy) is 3. The number of aliphatic hydroxyl groups excluding tert-OH is 1. The summed E-state index contributed by atoms with van der Waals surface area (Å²) < 4.78 is 15.2. The quantitative estimate of drug-likeness (QED) is 0.0113. The summed E-state index contributed by atoms with van der Waals surface area (Å²) in [5.41, 5.74) is 17.8. The number of benzene rings is 2. The van der Waals surface area contributed by atoms with Crippen LogP contribution in [0.25, 0.3) is 0 Å². The first kappa shape index (κ1) is 104. The van der Waals surface area contributed by atoms with E-state index in [-0.39, 0.29) is 173 Å². The Balaban J connectivity index is 0.000000752. The summed E-state index contributed by atoms with van der Waals surface area (Å²) in [5.74, 6) is 4.64. The second-order valence-electron chi connectivity index (χ2n) is 29.2. The summed E-state index contributed by atoms with van der Waals surface area (Å²) in [4.78, 5) is 196. The number of primary amides is 2. The number of hydrogen-bond donors (Lipinski definition) is 18. The van der Waals surface area contributed by atoms with Crippen molar-refractivity contribution >= 4 is 130 Å². The fraction of sp³-hybridized carbons (Fsp3) is 0.641. The first-order valence-electron chi connectivity index (χ1n) is 39.9. The maximum Gasteiger partial charge on any atom is 0.407 e.